The van der Waals surface area contributed by atoms with Crippen molar-refractivity contribution in [2.45, 2.75) is 47.3 Å². The summed E-state index contributed by atoms with van der Waals surface area (Å²) in [6.07, 6.45) is 0. The summed E-state index contributed by atoms with van der Waals surface area (Å²) in [6, 6.07) is 0. The first-order valence-corrected chi connectivity index (χ1v) is 8.40. The standard InChI is InChI=1S/C18H22N4O6/c1-8-9(2)11(4)15(21(26)27)12(10(8)3)16(23)13-14(17(24)28-7)20-22(19-13)18(5,6)25/h25H,1-7H3. The van der Waals surface area contributed by atoms with Crippen molar-refractivity contribution in [2.24, 2.45) is 0 Å². The maximum atomic E-state index is 13.3. The zero-order valence-corrected chi connectivity index (χ0v) is 16.8. The molecule has 0 fully saturated rings. The first-order valence-electron chi connectivity index (χ1n) is 8.40. The van der Waals surface area contributed by atoms with E-state index in [1.807, 2.05) is 0 Å². The van der Waals surface area contributed by atoms with Gasteiger partial charge in [-0.05, 0) is 58.2 Å². The Kier molecular flexibility index (Phi) is 5.38. The van der Waals surface area contributed by atoms with Gasteiger partial charge < -0.3 is 9.84 Å². The highest BCUT2D eigenvalue weighted by molar-refractivity contribution is 6.15. The predicted octanol–water partition coefficient (Wildman–Crippen LogP) is 2.12. The average molecular weight is 390 g/mol. The topological polar surface area (TPSA) is 137 Å². The van der Waals surface area contributed by atoms with E-state index in [2.05, 4.69) is 14.9 Å². The molecule has 2 rings (SSSR count). The van der Waals surface area contributed by atoms with Crippen LogP contribution in [-0.4, -0.2) is 43.9 Å². The number of esters is 1. The minimum Gasteiger partial charge on any atom is -0.464 e. The smallest absolute Gasteiger partial charge is 0.361 e. The van der Waals surface area contributed by atoms with E-state index < -0.39 is 33.8 Å². The van der Waals surface area contributed by atoms with Gasteiger partial charge in [0.1, 0.15) is 5.56 Å². The number of aromatic nitrogens is 3. The van der Waals surface area contributed by atoms with Gasteiger partial charge in [-0.1, -0.05) is 0 Å². The first kappa shape index (κ1) is 21.2. The quantitative estimate of drug-likeness (QED) is 0.355. The molecule has 150 valence electrons. The number of nitro benzene ring substituents is 1. The van der Waals surface area contributed by atoms with Crippen molar-refractivity contribution >= 4 is 17.4 Å². The molecule has 0 aliphatic rings. The minimum absolute atomic E-state index is 0.168. The summed E-state index contributed by atoms with van der Waals surface area (Å²) in [7, 11) is 1.10. The molecule has 2 aromatic rings. The van der Waals surface area contributed by atoms with Crippen LogP contribution in [0.25, 0.3) is 0 Å². The van der Waals surface area contributed by atoms with Crippen molar-refractivity contribution < 1.29 is 24.4 Å². The lowest BCUT2D eigenvalue weighted by molar-refractivity contribution is -0.385. The van der Waals surface area contributed by atoms with E-state index in [1.54, 1.807) is 27.7 Å². The molecule has 0 saturated carbocycles. The van der Waals surface area contributed by atoms with Crippen molar-refractivity contribution in [1.29, 1.82) is 0 Å². The van der Waals surface area contributed by atoms with Crippen molar-refractivity contribution in [3.63, 3.8) is 0 Å². The number of carbonyl (C=O) groups excluding carboxylic acids is 2. The van der Waals surface area contributed by atoms with Gasteiger partial charge in [0.25, 0.3) is 5.69 Å². The zero-order valence-electron chi connectivity index (χ0n) is 16.8. The fourth-order valence-corrected chi connectivity index (χ4v) is 2.86. The number of hydrogen-bond acceptors (Lipinski definition) is 8. The van der Waals surface area contributed by atoms with Crippen LogP contribution in [0.2, 0.25) is 0 Å². The summed E-state index contributed by atoms with van der Waals surface area (Å²) in [5.74, 6) is -1.79. The molecule has 0 spiro atoms. The van der Waals surface area contributed by atoms with Gasteiger partial charge in [0.05, 0.1) is 12.0 Å². The van der Waals surface area contributed by atoms with Gasteiger partial charge in [0.2, 0.25) is 11.5 Å². The highest BCUT2D eigenvalue weighted by atomic mass is 16.6. The van der Waals surface area contributed by atoms with Crippen LogP contribution in [0.1, 0.15) is 62.6 Å². The Morgan fingerprint density at radius 2 is 1.54 bits per heavy atom. The summed E-state index contributed by atoms with van der Waals surface area (Å²) in [5.41, 5.74) is -0.796. The summed E-state index contributed by atoms with van der Waals surface area (Å²) >= 11 is 0. The number of nitro groups is 1. The Morgan fingerprint density at radius 3 is 2.00 bits per heavy atom. The molecule has 1 aromatic heterocycles. The minimum atomic E-state index is -1.61. The highest BCUT2D eigenvalue weighted by Crippen LogP contribution is 2.34. The highest BCUT2D eigenvalue weighted by Gasteiger charge is 2.35. The van der Waals surface area contributed by atoms with Crippen LogP contribution < -0.4 is 0 Å². The molecule has 10 nitrogen and oxygen atoms in total. The molecular weight excluding hydrogens is 368 g/mol. The van der Waals surface area contributed by atoms with Crippen LogP contribution in [0.5, 0.6) is 0 Å². The number of methoxy groups -OCH3 is 1. The molecule has 1 N–H and O–H groups in total. The van der Waals surface area contributed by atoms with Crippen LogP contribution in [-0.2, 0) is 10.5 Å². The lowest BCUT2D eigenvalue weighted by atomic mass is 9.89. The zero-order chi connectivity index (χ0) is 21.5. The number of rotatable bonds is 5. The third kappa shape index (κ3) is 3.38. The second-order valence-corrected chi connectivity index (χ2v) is 6.98. The lowest BCUT2D eigenvalue weighted by Crippen LogP contribution is -2.28. The van der Waals surface area contributed by atoms with Crippen LogP contribution in [0, 0.1) is 37.8 Å². The number of ether oxygens (including phenoxy) is 1. The van der Waals surface area contributed by atoms with Gasteiger partial charge in [0.15, 0.2) is 11.4 Å². The average Bonchev–Trinajstić information content (AvgIpc) is 3.06. The van der Waals surface area contributed by atoms with E-state index in [9.17, 15) is 24.8 Å². The maximum Gasteiger partial charge on any atom is 0.361 e. The number of benzene rings is 1. The fourth-order valence-electron chi connectivity index (χ4n) is 2.86. The fraction of sp³-hybridized carbons (Fsp3) is 0.444. The Hall–Kier alpha value is -3.14. The summed E-state index contributed by atoms with van der Waals surface area (Å²) in [6.45, 7) is 9.37. The summed E-state index contributed by atoms with van der Waals surface area (Å²) in [5, 5.41) is 29.6. The van der Waals surface area contributed by atoms with Gasteiger partial charge in [-0.25, -0.2) is 4.79 Å². The molecule has 0 atom stereocenters. The maximum absolute atomic E-state index is 13.3. The van der Waals surface area contributed by atoms with E-state index >= 15 is 0 Å². The molecular formula is C18H22N4O6. The molecule has 0 amide bonds. The molecule has 0 bridgehead atoms. The molecule has 0 saturated heterocycles. The Morgan fingerprint density at radius 1 is 1.04 bits per heavy atom. The van der Waals surface area contributed by atoms with Crippen LogP contribution >= 0.6 is 0 Å². The van der Waals surface area contributed by atoms with E-state index in [4.69, 9.17) is 0 Å². The molecule has 0 aliphatic heterocycles. The summed E-state index contributed by atoms with van der Waals surface area (Å²) < 4.78 is 4.64. The van der Waals surface area contributed by atoms with Crippen LogP contribution in [0.15, 0.2) is 0 Å². The van der Waals surface area contributed by atoms with Crippen molar-refractivity contribution in [3.05, 3.63) is 49.3 Å². The van der Waals surface area contributed by atoms with Gasteiger partial charge in [-0.3, -0.25) is 14.9 Å². The molecule has 0 radical (unpaired) electrons. The predicted molar refractivity (Wildman–Crippen MR) is 98.4 cm³/mol. The van der Waals surface area contributed by atoms with Crippen molar-refractivity contribution in [3.8, 4) is 0 Å². The molecule has 28 heavy (non-hydrogen) atoms. The summed E-state index contributed by atoms with van der Waals surface area (Å²) in [4.78, 5) is 37.3. The Bertz CT molecular complexity index is 1000. The van der Waals surface area contributed by atoms with Gasteiger partial charge >= 0.3 is 5.97 Å². The largest absolute Gasteiger partial charge is 0.464 e. The number of hydrogen-bond donors (Lipinski definition) is 1. The second kappa shape index (κ2) is 7.12. The van der Waals surface area contributed by atoms with Crippen LogP contribution in [0.3, 0.4) is 0 Å². The SMILES string of the molecule is COC(=O)c1nn(C(C)(C)O)nc1C(=O)c1c(C)c(C)c(C)c(C)c1[N+](=O)[O-]. The number of carbonyl (C=O) groups is 2. The van der Waals surface area contributed by atoms with E-state index in [0.717, 1.165) is 17.5 Å². The normalized spacial score (nSPS) is 11.4. The number of nitrogens with zero attached hydrogens (tertiary/aromatic N) is 4. The van der Waals surface area contributed by atoms with Crippen molar-refractivity contribution in [1.82, 2.24) is 15.0 Å². The molecule has 0 unspecified atom stereocenters. The Labute approximate surface area is 161 Å². The van der Waals surface area contributed by atoms with Gasteiger partial charge in [-0.15, -0.1) is 10.2 Å². The van der Waals surface area contributed by atoms with Crippen LogP contribution in [0.4, 0.5) is 5.69 Å². The third-order valence-corrected chi connectivity index (χ3v) is 4.76. The number of aliphatic hydroxyl groups is 1. The number of ketones is 1. The monoisotopic (exact) mass is 390 g/mol. The van der Waals surface area contributed by atoms with Crippen molar-refractivity contribution in [2.75, 3.05) is 7.11 Å². The van der Waals surface area contributed by atoms with E-state index in [0.29, 0.717) is 16.7 Å². The molecule has 10 heteroatoms. The van der Waals surface area contributed by atoms with Gasteiger partial charge in [-0.2, -0.15) is 4.80 Å². The van der Waals surface area contributed by atoms with E-state index in [1.165, 1.54) is 13.8 Å². The lowest BCUT2D eigenvalue weighted by Gasteiger charge is -2.15. The van der Waals surface area contributed by atoms with E-state index in [-0.39, 0.29) is 11.3 Å². The molecule has 0 aliphatic carbocycles. The second-order valence-electron chi connectivity index (χ2n) is 6.98. The van der Waals surface area contributed by atoms with Gasteiger partial charge in [0, 0.05) is 5.56 Å². The molecule has 1 heterocycles. The Balaban J connectivity index is 2.86. The molecule has 1 aromatic carbocycles. The third-order valence-electron chi connectivity index (χ3n) is 4.76. The first-order chi connectivity index (χ1) is 12.8.